The van der Waals surface area contributed by atoms with Crippen LogP contribution in [0.4, 0.5) is 17.1 Å². The number of aromatic nitrogens is 2. The fourth-order valence-corrected chi connectivity index (χ4v) is 20.3. The van der Waals surface area contributed by atoms with E-state index in [1.807, 2.05) is 11.3 Å². The zero-order valence-corrected chi connectivity index (χ0v) is 48.9. The number of thiophene rings is 1. The van der Waals surface area contributed by atoms with E-state index in [1.54, 1.807) is 0 Å². The van der Waals surface area contributed by atoms with Gasteiger partial charge in [-0.25, -0.2) is 0 Å². The molecule has 0 radical (unpaired) electrons. The lowest BCUT2D eigenvalue weighted by molar-refractivity contribution is 0.590. The largest absolute Gasteiger partial charge is 0.310 e. The van der Waals surface area contributed by atoms with E-state index in [0.29, 0.717) is 0 Å². The summed E-state index contributed by atoms with van der Waals surface area (Å²) in [7, 11) is -2.79. The Labute approximate surface area is 485 Å². The van der Waals surface area contributed by atoms with Crippen LogP contribution >= 0.6 is 11.3 Å². The lowest BCUT2D eigenvalue weighted by Crippen LogP contribution is -2.74. The molecule has 2 aliphatic rings. The maximum absolute atomic E-state index is 2.79. The normalized spacial score (nSPS) is 13.2. The molecule has 3 nitrogen and oxygen atoms in total. The minimum absolute atomic E-state index is 0.00621. The molecule has 0 unspecified atom stereocenters. The fourth-order valence-electron chi connectivity index (χ4n) is 14.3. The summed E-state index contributed by atoms with van der Waals surface area (Å²) in [5, 5.41) is 11.9. The van der Waals surface area contributed by atoms with Crippen LogP contribution in [0.2, 0.25) is 0 Å². The molecule has 14 aromatic rings. The minimum atomic E-state index is -2.79. The number of hydrogen-bond acceptors (Lipinski definition) is 2. The predicted octanol–water partition coefficient (Wildman–Crippen LogP) is 15.3. The Balaban J connectivity index is 1.05. The second-order valence-electron chi connectivity index (χ2n) is 24.8. The van der Waals surface area contributed by atoms with Gasteiger partial charge >= 0.3 is 0 Å². The highest BCUT2D eigenvalue weighted by Crippen LogP contribution is 2.50. The zero-order valence-electron chi connectivity index (χ0n) is 47.1. The Morgan fingerprint density at radius 1 is 0.366 bits per heavy atom. The van der Waals surface area contributed by atoms with Crippen molar-refractivity contribution >= 4 is 133 Å². The van der Waals surface area contributed by atoms with Gasteiger partial charge in [0.05, 0.1) is 27.8 Å². The third kappa shape index (κ3) is 7.07. The second kappa shape index (κ2) is 18.0. The summed E-state index contributed by atoms with van der Waals surface area (Å²) in [4.78, 5) is 2.67. The van der Waals surface area contributed by atoms with E-state index in [0.717, 1.165) is 5.69 Å². The molecule has 6 heteroatoms. The van der Waals surface area contributed by atoms with Crippen LogP contribution < -0.4 is 41.3 Å². The average molecular weight is 1090 g/mol. The van der Waals surface area contributed by atoms with Crippen molar-refractivity contribution in [1.29, 1.82) is 0 Å². The van der Waals surface area contributed by atoms with Gasteiger partial charge in [-0.2, -0.15) is 0 Å². The van der Waals surface area contributed by atoms with Crippen LogP contribution in [-0.4, -0.2) is 23.9 Å². The van der Waals surface area contributed by atoms with Crippen molar-refractivity contribution in [2.45, 2.75) is 52.4 Å². The van der Waals surface area contributed by atoms with E-state index in [2.05, 4.69) is 310 Å². The standard InChI is InChI=1S/C76H60BN3SSi/c1-75(2,3)51-37-40-54(41-38-51)79-66-45-50(49-35-42-58(43-36-49)82(55-25-13-8-14-26-55,56-27-15-9-16-28-56)57-29-17-10-18-30-57)46-67-69(66)77(74-73(79)63-47-52(76(4,5)6)39-44-68(63)81-74)70-71-61(48-62-60-32-20-22-34-65(60)80(67)72(62)70)59-31-19-21-33-64(59)78(71)53-23-11-7-12-24-53/h7-48H,1-6H3. The van der Waals surface area contributed by atoms with Gasteiger partial charge < -0.3 is 14.0 Å². The molecule has 0 atom stereocenters. The smallest absolute Gasteiger partial charge is 0.267 e. The maximum Gasteiger partial charge on any atom is 0.267 e. The van der Waals surface area contributed by atoms with E-state index in [9.17, 15) is 0 Å². The van der Waals surface area contributed by atoms with Gasteiger partial charge in [-0.05, 0) is 131 Å². The topological polar surface area (TPSA) is 13.1 Å². The number of benzene rings is 11. The molecule has 0 amide bonds. The Bertz CT molecular complexity index is 4760. The van der Waals surface area contributed by atoms with E-state index in [-0.39, 0.29) is 17.5 Å². The van der Waals surface area contributed by atoms with Gasteiger partial charge in [0.25, 0.3) is 6.71 Å². The number of hydrogen-bond donors (Lipinski definition) is 0. The molecule has 16 rings (SSSR count). The quantitative estimate of drug-likeness (QED) is 0.115. The summed E-state index contributed by atoms with van der Waals surface area (Å²) in [6, 6.07) is 97.4. The fraction of sp³-hybridized carbons (Fsp3) is 0.105. The first-order valence-electron chi connectivity index (χ1n) is 28.9. The molecule has 0 N–H and O–H groups in total. The van der Waals surface area contributed by atoms with Crippen LogP contribution in [-0.2, 0) is 10.8 Å². The molecule has 82 heavy (non-hydrogen) atoms. The lowest BCUT2D eigenvalue weighted by Gasteiger charge is -2.40. The highest BCUT2D eigenvalue weighted by Gasteiger charge is 2.47. The number of para-hydroxylation sites is 3. The van der Waals surface area contributed by atoms with E-state index in [1.165, 1.54) is 135 Å². The summed E-state index contributed by atoms with van der Waals surface area (Å²) >= 11 is 1.99. The molecule has 0 fully saturated rings. The molecular formula is C76H60BN3SSi. The Hall–Kier alpha value is -8.94. The molecular weight excluding hydrogens is 1030 g/mol. The van der Waals surface area contributed by atoms with Gasteiger partial charge in [0.2, 0.25) is 0 Å². The summed E-state index contributed by atoms with van der Waals surface area (Å²) in [6.45, 7) is 13.9. The highest BCUT2D eigenvalue weighted by molar-refractivity contribution is 7.34. The van der Waals surface area contributed by atoms with Gasteiger partial charge in [-0.15, -0.1) is 11.3 Å². The number of nitrogens with zero attached hydrogens (tertiary/aromatic N) is 3. The van der Waals surface area contributed by atoms with Crippen LogP contribution in [0, 0.1) is 0 Å². The second-order valence-corrected chi connectivity index (χ2v) is 29.7. The van der Waals surface area contributed by atoms with Gasteiger partial charge in [0.15, 0.2) is 8.07 Å². The van der Waals surface area contributed by atoms with E-state index < -0.39 is 8.07 Å². The molecule has 0 saturated carbocycles. The number of rotatable bonds is 7. The van der Waals surface area contributed by atoms with Crippen molar-refractivity contribution in [1.82, 2.24) is 9.13 Å². The molecule has 0 aliphatic carbocycles. The van der Waals surface area contributed by atoms with Crippen molar-refractivity contribution < 1.29 is 0 Å². The first-order valence-corrected chi connectivity index (χ1v) is 31.8. The first-order chi connectivity index (χ1) is 40.0. The number of anilines is 3. The van der Waals surface area contributed by atoms with Gasteiger partial charge in [0.1, 0.15) is 0 Å². The third-order valence-corrected chi connectivity index (χ3v) is 24.2. The SMILES string of the molecule is CC(C)(C)c1ccc(N2c3cc(-c4ccc([Si](c5ccccc5)(c5ccccc5)c5ccccc5)cc4)cc4c3B(c3sc5ccc(C(C)(C)C)cc5c32)c2c3c(cc5c6ccccc6n-4c25)c2ccccc2n3-c2ccccc2)cc1. The van der Waals surface area contributed by atoms with Crippen LogP contribution in [0.1, 0.15) is 52.7 Å². The first kappa shape index (κ1) is 48.9. The zero-order chi connectivity index (χ0) is 55.2. The molecule has 11 aromatic carbocycles. The predicted molar refractivity (Wildman–Crippen MR) is 356 cm³/mol. The van der Waals surface area contributed by atoms with Crippen LogP contribution in [0.25, 0.3) is 76.2 Å². The summed E-state index contributed by atoms with van der Waals surface area (Å²) < 4.78 is 7.93. The van der Waals surface area contributed by atoms with Crippen molar-refractivity contribution in [3.63, 3.8) is 0 Å². The molecule has 2 aliphatic heterocycles. The Kier molecular flexibility index (Phi) is 10.8. The molecule has 392 valence electrons. The van der Waals surface area contributed by atoms with Gasteiger partial charge in [-0.3, -0.25) is 0 Å². The average Bonchev–Trinajstić information content (AvgIpc) is 2.39. The molecule has 0 spiro atoms. The van der Waals surface area contributed by atoms with E-state index in [4.69, 9.17) is 0 Å². The van der Waals surface area contributed by atoms with Crippen molar-refractivity contribution in [3.8, 4) is 22.5 Å². The van der Waals surface area contributed by atoms with Crippen molar-refractivity contribution in [3.05, 3.63) is 266 Å². The highest BCUT2D eigenvalue weighted by atomic mass is 32.1. The third-order valence-electron chi connectivity index (χ3n) is 18.1. The summed E-state index contributed by atoms with van der Waals surface area (Å²) in [6.07, 6.45) is 0. The Morgan fingerprint density at radius 3 is 1.43 bits per heavy atom. The monoisotopic (exact) mass is 1090 g/mol. The molecule has 3 aromatic heterocycles. The lowest BCUT2D eigenvalue weighted by atomic mass is 9.36. The molecule has 0 bridgehead atoms. The van der Waals surface area contributed by atoms with Crippen LogP contribution in [0.5, 0.6) is 0 Å². The van der Waals surface area contributed by atoms with E-state index >= 15 is 0 Å². The summed E-state index contributed by atoms with van der Waals surface area (Å²) in [5.74, 6) is 0. The molecule has 0 saturated heterocycles. The van der Waals surface area contributed by atoms with Crippen molar-refractivity contribution in [2.24, 2.45) is 0 Å². The Morgan fingerprint density at radius 2 is 0.854 bits per heavy atom. The minimum Gasteiger partial charge on any atom is -0.310 e. The van der Waals surface area contributed by atoms with Crippen molar-refractivity contribution in [2.75, 3.05) is 4.90 Å². The molecule has 5 heterocycles. The van der Waals surface area contributed by atoms with Gasteiger partial charge in [0, 0.05) is 59.2 Å². The van der Waals surface area contributed by atoms with Gasteiger partial charge in [-0.1, -0.05) is 230 Å². The summed E-state index contributed by atoms with van der Waals surface area (Å²) in [5.41, 5.74) is 18.7. The van der Waals surface area contributed by atoms with Crippen LogP contribution in [0.15, 0.2) is 255 Å². The number of fused-ring (bicyclic) bond motifs is 13. The maximum atomic E-state index is 2.67. The van der Waals surface area contributed by atoms with Crippen LogP contribution in [0.3, 0.4) is 0 Å².